The number of benzene rings is 2. The van der Waals surface area contributed by atoms with Crippen molar-refractivity contribution in [2.75, 3.05) is 0 Å². The van der Waals surface area contributed by atoms with Crippen LogP contribution in [0.25, 0.3) is 0 Å². The van der Waals surface area contributed by atoms with Gasteiger partial charge in [0.05, 0.1) is 0 Å². The zero-order valence-electron chi connectivity index (χ0n) is 8.49. The van der Waals surface area contributed by atoms with Gasteiger partial charge in [0.2, 0.25) is 0 Å². The van der Waals surface area contributed by atoms with Crippen molar-refractivity contribution in [1.82, 2.24) is 0 Å². The second-order valence-electron chi connectivity index (χ2n) is 3.34. The molecule has 0 aliphatic rings. The van der Waals surface area contributed by atoms with E-state index < -0.39 is 0 Å². The van der Waals surface area contributed by atoms with E-state index in [2.05, 4.69) is 15.9 Å². The van der Waals surface area contributed by atoms with Gasteiger partial charge in [-0.05, 0) is 18.2 Å². The van der Waals surface area contributed by atoms with Gasteiger partial charge in [0, 0.05) is 16.1 Å². The molecule has 2 aromatic carbocycles. The molecule has 16 heavy (non-hydrogen) atoms. The molecule has 0 fully saturated rings. The first kappa shape index (κ1) is 11.1. The predicted molar refractivity (Wildman–Crippen MR) is 64.9 cm³/mol. The molecule has 0 saturated heterocycles. The van der Waals surface area contributed by atoms with Crippen molar-refractivity contribution in [1.29, 1.82) is 0 Å². The van der Waals surface area contributed by atoms with Gasteiger partial charge in [0.1, 0.15) is 18.2 Å². The zero-order valence-corrected chi connectivity index (χ0v) is 10.1. The highest BCUT2D eigenvalue weighted by Gasteiger charge is 2.00. The summed E-state index contributed by atoms with van der Waals surface area (Å²) in [5.41, 5.74) is 1.03. The van der Waals surface area contributed by atoms with Gasteiger partial charge in [-0.15, -0.1) is 0 Å². The molecule has 0 heterocycles. The van der Waals surface area contributed by atoms with Crippen molar-refractivity contribution in [2.24, 2.45) is 0 Å². The van der Waals surface area contributed by atoms with Gasteiger partial charge in [-0.25, -0.2) is 4.39 Å². The molecule has 0 atom stereocenters. The summed E-state index contributed by atoms with van der Waals surface area (Å²) in [5.74, 6) is 0.250. The van der Waals surface area contributed by atoms with Crippen LogP contribution in [0.15, 0.2) is 53.0 Å². The standard InChI is InChI=1S/C13H10BrFO/c14-13-7-2-1-4-10(13)9-16-12-6-3-5-11(15)8-12/h1-8H,9H2. The first-order valence-corrected chi connectivity index (χ1v) is 5.67. The molecule has 3 heteroatoms. The first-order chi connectivity index (χ1) is 7.75. The quantitative estimate of drug-likeness (QED) is 0.820. The molecule has 0 saturated carbocycles. The number of hydrogen-bond donors (Lipinski definition) is 0. The second-order valence-corrected chi connectivity index (χ2v) is 4.19. The lowest BCUT2D eigenvalue weighted by Gasteiger charge is -2.07. The topological polar surface area (TPSA) is 9.23 Å². The van der Waals surface area contributed by atoms with Gasteiger partial charge >= 0.3 is 0 Å². The molecule has 0 bridgehead atoms. The first-order valence-electron chi connectivity index (χ1n) is 4.87. The second kappa shape index (κ2) is 5.12. The Hall–Kier alpha value is -1.35. The zero-order chi connectivity index (χ0) is 11.4. The van der Waals surface area contributed by atoms with Gasteiger partial charge in [0.15, 0.2) is 0 Å². The third kappa shape index (κ3) is 2.83. The van der Waals surface area contributed by atoms with Gasteiger partial charge < -0.3 is 4.74 Å². The highest BCUT2D eigenvalue weighted by Crippen LogP contribution is 2.19. The summed E-state index contributed by atoms with van der Waals surface area (Å²) < 4.78 is 19.4. The summed E-state index contributed by atoms with van der Waals surface area (Å²) in [6.07, 6.45) is 0. The average Bonchev–Trinajstić information content (AvgIpc) is 2.28. The van der Waals surface area contributed by atoms with Crippen LogP contribution in [-0.2, 0) is 6.61 Å². The molecule has 0 radical (unpaired) electrons. The minimum atomic E-state index is -0.287. The third-order valence-corrected chi connectivity index (χ3v) is 2.92. The Kier molecular flexibility index (Phi) is 3.57. The summed E-state index contributed by atoms with van der Waals surface area (Å²) in [6.45, 7) is 0.422. The van der Waals surface area contributed by atoms with E-state index in [0.29, 0.717) is 12.4 Å². The van der Waals surface area contributed by atoms with Crippen LogP contribution in [0.5, 0.6) is 5.75 Å². The van der Waals surface area contributed by atoms with Crippen LogP contribution in [0.1, 0.15) is 5.56 Å². The summed E-state index contributed by atoms with van der Waals surface area (Å²) in [6, 6.07) is 13.9. The largest absolute Gasteiger partial charge is 0.489 e. The molecule has 0 aliphatic carbocycles. The summed E-state index contributed by atoms with van der Waals surface area (Å²) in [5, 5.41) is 0. The molecule has 2 rings (SSSR count). The molecular weight excluding hydrogens is 271 g/mol. The van der Waals surface area contributed by atoms with Crippen LogP contribution in [0, 0.1) is 5.82 Å². The molecule has 1 nitrogen and oxygen atoms in total. The monoisotopic (exact) mass is 280 g/mol. The Labute approximate surface area is 102 Å². The van der Waals surface area contributed by atoms with Crippen LogP contribution in [0.3, 0.4) is 0 Å². The molecule has 0 aliphatic heterocycles. The Morgan fingerprint density at radius 3 is 2.62 bits per heavy atom. The lowest BCUT2D eigenvalue weighted by molar-refractivity contribution is 0.304. The maximum atomic E-state index is 12.9. The predicted octanol–water partition coefficient (Wildman–Crippen LogP) is 4.17. The molecule has 0 amide bonds. The van der Waals surface area contributed by atoms with E-state index in [0.717, 1.165) is 10.0 Å². The van der Waals surface area contributed by atoms with E-state index in [-0.39, 0.29) is 5.82 Å². The van der Waals surface area contributed by atoms with E-state index in [4.69, 9.17) is 4.74 Å². The van der Waals surface area contributed by atoms with Crippen molar-refractivity contribution in [3.63, 3.8) is 0 Å². The van der Waals surface area contributed by atoms with Gasteiger partial charge in [0.25, 0.3) is 0 Å². The molecular formula is C13H10BrFO. The van der Waals surface area contributed by atoms with E-state index in [9.17, 15) is 4.39 Å². The fourth-order valence-corrected chi connectivity index (χ4v) is 1.73. The molecule has 0 spiro atoms. The number of hydrogen-bond acceptors (Lipinski definition) is 1. The van der Waals surface area contributed by atoms with E-state index in [1.165, 1.54) is 12.1 Å². The molecule has 0 unspecified atom stereocenters. The third-order valence-electron chi connectivity index (χ3n) is 2.15. The maximum Gasteiger partial charge on any atom is 0.126 e. The summed E-state index contributed by atoms with van der Waals surface area (Å²) >= 11 is 3.43. The number of rotatable bonds is 3. The highest BCUT2D eigenvalue weighted by molar-refractivity contribution is 9.10. The molecule has 0 aromatic heterocycles. The Bertz CT molecular complexity index is 485. The molecule has 82 valence electrons. The smallest absolute Gasteiger partial charge is 0.126 e. The van der Waals surface area contributed by atoms with Gasteiger partial charge in [-0.3, -0.25) is 0 Å². The van der Waals surface area contributed by atoms with Crippen molar-refractivity contribution in [2.45, 2.75) is 6.61 Å². The Morgan fingerprint density at radius 1 is 1.06 bits per heavy atom. The fourth-order valence-electron chi connectivity index (χ4n) is 1.33. The summed E-state index contributed by atoms with van der Waals surface area (Å²) in [4.78, 5) is 0. The maximum absolute atomic E-state index is 12.9. The van der Waals surface area contributed by atoms with E-state index >= 15 is 0 Å². The Balaban J connectivity index is 2.05. The lowest BCUT2D eigenvalue weighted by Crippen LogP contribution is -1.96. The van der Waals surface area contributed by atoms with Crippen LogP contribution in [0.4, 0.5) is 4.39 Å². The van der Waals surface area contributed by atoms with Crippen molar-refractivity contribution >= 4 is 15.9 Å². The summed E-state index contributed by atoms with van der Waals surface area (Å²) in [7, 11) is 0. The van der Waals surface area contributed by atoms with Crippen LogP contribution < -0.4 is 4.74 Å². The molecule has 0 N–H and O–H groups in total. The SMILES string of the molecule is Fc1cccc(OCc2ccccc2Br)c1. The van der Waals surface area contributed by atoms with Gasteiger partial charge in [-0.2, -0.15) is 0 Å². The van der Waals surface area contributed by atoms with E-state index in [1.807, 2.05) is 24.3 Å². The van der Waals surface area contributed by atoms with Crippen LogP contribution in [0.2, 0.25) is 0 Å². The van der Waals surface area contributed by atoms with E-state index in [1.54, 1.807) is 12.1 Å². The lowest BCUT2D eigenvalue weighted by atomic mass is 10.2. The minimum Gasteiger partial charge on any atom is -0.489 e. The van der Waals surface area contributed by atoms with Crippen molar-refractivity contribution < 1.29 is 9.13 Å². The van der Waals surface area contributed by atoms with Crippen molar-refractivity contribution in [3.8, 4) is 5.75 Å². The average molecular weight is 281 g/mol. The highest BCUT2D eigenvalue weighted by atomic mass is 79.9. The van der Waals surface area contributed by atoms with Gasteiger partial charge in [-0.1, -0.05) is 40.2 Å². The fraction of sp³-hybridized carbons (Fsp3) is 0.0769. The number of ether oxygens (including phenoxy) is 1. The Morgan fingerprint density at radius 2 is 1.88 bits per heavy atom. The molecule has 2 aromatic rings. The normalized spacial score (nSPS) is 10.1. The number of halogens is 2. The van der Waals surface area contributed by atoms with Crippen LogP contribution >= 0.6 is 15.9 Å². The minimum absolute atomic E-state index is 0.287. The van der Waals surface area contributed by atoms with Crippen molar-refractivity contribution in [3.05, 3.63) is 64.4 Å². The van der Waals surface area contributed by atoms with Crippen LogP contribution in [-0.4, -0.2) is 0 Å².